The van der Waals surface area contributed by atoms with Gasteiger partial charge in [-0.25, -0.2) is 9.78 Å². The molecule has 25 heavy (non-hydrogen) atoms. The Morgan fingerprint density at radius 1 is 1.32 bits per heavy atom. The zero-order valence-corrected chi connectivity index (χ0v) is 15.2. The molecular formula is C19H26N4O2. The highest BCUT2D eigenvalue weighted by Gasteiger charge is 2.23. The molecule has 1 aromatic heterocycles. The van der Waals surface area contributed by atoms with E-state index in [-0.39, 0.29) is 6.09 Å². The molecule has 0 unspecified atom stereocenters. The molecule has 3 rings (SSSR count). The van der Waals surface area contributed by atoms with Gasteiger partial charge >= 0.3 is 6.09 Å². The minimum absolute atomic E-state index is 0.352. The molecule has 0 radical (unpaired) electrons. The van der Waals surface area contributed by atoms with Crippen molar-refractivity contribution in [2.45, 2.75) is 39.2 Å². The first-order valence-corrected chi connectivity index (χ1v) is 8.84. The number of aromatic nitrogens is 2. The molecule has 2 aromatic rings. The van der Waals surface area contributed by atoms with Crippen molar-refractivity contribution in [3.8, 4) is 0 Å². The summed E-state index contributed by atoms with van der Waals surface area (Å²) in [6, 6.07) is 7.90. The van der Waals surface area contributed by atoms with Gasteiger partial charge < -0.3 is 15.0 Å². The van der Waals surface area contributed by atoms with E-state index in [1.54, 1.807) is 0 Å². The quantitative estimate of drug-likeness (QED) is 0.926. The Bertz CT molecular complexity index is 742. The summed E-state index contributed by atoms with van der Waals surface area (Å²) in [5.41, 5.74) is 1.35. The van der Waals surface area contributed by atoms with E-state index in [0.29, 0.717) is 12.5 Å². The van der Waals surface area contributed by atoms with Gasteiger partial charge in [-0.15, -0.1) is 0 Å². The van der Waals surface area contributed by atoms with E-state index in [2.05, 4.69) is 15.2 Å². The fraction of sp³-hybridized carbons (Fsp3) is 0.526. The van der Waals surface area contributed by atoms with Crippen molar-refractivity contribution in [2.24, 2.45) is 5.92 Å². The number of carbonyl (C=O) groups excluding carboxylic acids is 1. The van der Waals surface area contributed by atoms with Crippen LogP contribution >= 0.6 is 0 Å². The number of alkyl carbamates (subject to hydrolysis) is 1. The standard InChI is InChI=1S/C19H26N4O2/c1-19(2,3)25-18(24)21-11-14-7-6-10-23(13-14)17-12-20-15-8-4-5-9-16(15)22-17/h4-5,8-9,12,14H,6-7,10-11,13H2,1-3H3,(H,21,24)/t14-/m0/s1. The molecule has 2 heterocycles. The number of hydrogen-bond acceptors (Lipinski definition) is 5. The average Bonchev–Trinajstić information content (AvgIpc) is 2.58. The number of amides is 1. The zero-order valence-electron chi connectivity index (χ0n) is 15.2. The number of rotatable bonds is 3. The lowest BCUT2D eigenvalue weighted by atomic mass is 9.98. The average molecular weight is 342 g/mol. The summed E-state index contributed by atoms with van der Waals surface area (Å²) in [5, 5.41) is 2.89. The van der Waals surface area contributed by atoms with E-state index >= 15 is 0 Å². The SMILES string of the molecule is CC(C)(C)OC(=O)NC[C@@H]1CCCN(c2cnc3ccccc3n2)C1. The zero-order chi connectivity index (χ0) is 17.9. The first-order valence-electron chi connectivity index (χ1n) is 8.84. The highest BCUT2D eigenvalue weighted by Crippen LogP contribution is 2.22. The van der Waals surface area contributed by atoms with Crippen LogP contribution in [-0.2, 0) is 4.74 Å². The number of nitrogens with one attached hydrogen (secondary N) is 1. The summed E-state index contributed by atoms with van der Waals surface area (Å²) in [4.78, 5) is 23.3. The maximum atomic E-state index is 11.8. The van der Waals surface area contributed by atoms with Gasteiger partial charge in [0.25, 0.3) is 0 Å². The van der Waals surface area contributed by atoms with Crippen LogP contribution in [0.1, 0.15) is 33.6 Å². The van der Waals surface area contributed by atoms with Crippen LogP contribution in [0.3, 0.4) is 0 Å². The van der Waals surface area contributed by atoms with Crippen LogP contribution in [0.4, 0.5) is 10.6 Å². The Balaban J connectivity index is 1.59. The lowest BCUT2D eigenvalue weighted by Gasteiger charge is -2.33. The minimum Gasteiger partial charge on any atom is -0.444 e. The van der Waals surface area contributed by atoms with Gasteiger partial charge in [0, 0.05) is 19.6 Å². The topological polar surface area (TPSA) is 67.3 Å². The lowest BCUT2D eigenvalue weighted by Crippen LogP contribution is -2.42. The summed E-state index contributed by atoms with van der Waals surface area (Å²) in [5.74, 6) is 1.29. The monoisotopic (exact) mass is 342 g/mol. The molecule has 1 amide bonds. The Morgan fingerprint density at radius 3 is 2.84 bits per heavy atom. The summed E-state index contributed by atoms with van der Waals surface area (Å²) in [6.07, 6.45) is 3.66. The maximum Gasteiger partial charge on any atom is 0.407 e. The summed E-state index contributed by atoms with van der Waals surface area (Å²) < 4.78 is 5.30. The third-order valence-corrected chi connectivity index (χ3v) is 4.21. The smallest absolute Gasteiger partial charge is 0.407 e. The van der Waals surface area contributed by atoms with Crippen molar-refractivity contribution in [2.75, 3.05) is 24.5 Å². The van der Waals surface area contributed by atoms with Crippen LogP contribution in [0, 0.1) is 5.92 Å². The number of anilines is 1. The van der Waals surface area contributed by atoms with E-state index in [1.807, 2.05) is 51.2 Å². The fourth-order valence-corrected chi connectivity index (χ4v) is 3.08. The largest absolute Gasteiger partial charge is 0.444 e. The highest BCUT2D eigenvalue weighted by atomic mass is 16.6. The second kappa shape index (κ2) is 7.25. The number of piperidine rings is 1. The number of benzene rings is 1. The van der Waals surface area contributed by atoms with Gasteiger partial charge in [-0.1, -0.05) is 12.1 Å². The van der Waals surface area contributed by atoms with Gasteiger partial charge in [-0.2, -0.15) is 0 Å². The number of ether oxygens (including phenoxy) is 1. The molecule has 1 N–H and O–H groups in total. The van der Waals surface area contributed by atoms with E-state index in [4.69, 9.17) is 9.72 Å². The van der Waals surface area contributed by atoms with Crippen molar-refractivity contribution in [1.82, 2.24) is 15.3 Å². The molecule has 1 aliphatic rings. The van der Waals surface area contributed by atoms with E-state index in [9.17, 15) is 4.79 Å². The lowest BCUT2D eigenvalue weighted by molar-refractivity contribution is 0.0517. The van der Waals surface area contributed by atoms with Gasteiger partial charge in [-0.3, -0.25) is 4.98 Å². The second-order valence-corrected chi connectivity index (χ2v) is 7.55. The van der Waals surface area contributed by atoms with Crippen LogP contribution in [-0.4, -0.2) is 41.3 Å². The summed E-state index contributed by atoms with van der Waals surface area (Å²) in [6.45, 7) is 8.05. The fourth-order valence-electron chi connectivity index (χ4n) is 3.08. The molecule has 0 saturated carbocycles. The van der Waals surface area contributed by atoms with Crippen LogP contribution in [0.5, 0.6) is 0 Å². The van der Waals surface area contributed by atoms with Gasteiger partial charge in [0.15, 0.2) is 0 Å². The van der Waals surface area contributed by atoms with E-state index in [0.717, 1.165) is 42.8 Å². The molecule has 1 saturated heterocycles. The van der Waals surface area contributed by atoms with Gasteiger partial charge in [0.05, 0.1) is 17.2 Å². The Kier molecular flexibility index (Phi) is 5.06. The van der Waals surface area contributed by atoms with E-state index in [1.165, 1.54) is 0 Å². The molecule has 6 heteroatoms. The molecule has 1 atom stereocenters. The minimum atomic E-state index is -0.469. The molecule has 0 spiro atoms. The summed E-state index contributed by atoms with van der Waals surface area (Å²) in [7, 11) is 0. The van der Waals surface area contributed by atoms with Crippen LogP contribution < -0.4 is 10.2 Å². The first kappa shape index (κ1) is 17.5. The Morgan fingerprint density at radius 2 is 2.08 bits per heavy atom. The number of fused-ring (bicyclic) bond motifs is 1. The second-order valence-electron chi connectivity index (χ2n) is 7.55. The molecule has 1 fully saturated rings. The van der Waals surface area contributed by atoms with Gasteiger partial charge in [0.1, 0.15) is 11.4 Å². The molecule has 0 aliphatic carbocycles. The number of para-hydroxylation sites is 2. The molecule has 6 nitrogen and oxygen atoms in total. The highest BCUT2D eigenvalue weighted by molar-refractivity contribution is 5.75. The molecular weight excluding hydrogens is 316 g/mol. The van der Waals surface area contributed by atoms with Crippen LogP contribution in [0.25, 0.3) is 11.0 Å². The Labute approximate surface area is 148 Å². The third kappa shape index (κ3) is 4.81. The van der Waals surface area contributed by atoms with Crippen molar-refractivity contribution in [1.29, 1.82) is 0 Å². The molecule has 1 aliphatic heterocycles. The van der Waals surface area contributed by atoms with Crippen molar-refractivity contribution >= 4 is 22.9 Å². The molecule has 0 bridgehead atoms. The van der Waals surface area contributed by atoms with Gasteiger partial charge in [-0.05, 0) is 51.7 Å². The number of carbonyl (C=O) groups is 1. The van der Waals surface area contributed by atoms with Crippen molar-refractivity contribution < 1.29 is 9.53 Å². The molecule has 1 aromatic carbocycles. The summed E-state index contributed by atoms with van der Waals surface area (Å²) >= 11 is 0. The number of nitrogens with zero attached hydrogens (tertiary/aromatic N) is 3. The predicted molar refractivity (Wildman–Crippen MR) is 98.7 cm³/mol. The normalized spacial score (nSPS) is 18.2. The van der Waals surface area contributed by atoms with E-state index < -0.39 is 5.60 Å². The predicted octanol–water partition coefficient (Wildman–Crippen LogP) is 3.37. The maximum absolute atomic E-state index is 11.8. The van der Waals surface area contributed by atoms with Crippen LogP contribution in [0.15, 0.2) is 30.5 Å². The van der Waals surface area contributed by atoms with Crippen LogP contribution in [0.2, 0.25) is 0 Å². The van der Waals surface area contributed by atoms with Crippen molar-refractivity contribution in [3.05, 3.63) is 30.5 Å². The number of hydrogen-bond donors (Lipinski definition) is 1. The Hall–Kier alpha value is -2.37. The third-order valence-electron chi connectivity index (χ3n) is 4.21. The first-order chi connectivity index (χ1) is 11.9. The molecule has 134 valence electrons. The van der Waals surface area contributed by atoms with Gasteiger partial charge in [0.2, 0.25) is 0 Å². The van der Waals surface area contributed by atoms with Crippen molar-refractivity contribution in [3.63, 3.8) is 0 Å².